The topological polar surface area (TPSA) is 106 Å². The minimum absolute atomic E-state index is 0. The maximum Gasteiger partial charge on any atom is 0.269 e. The van der Waals surface area contributed by atoms with Crippen LogP contribution in [0, 0.1) is 10.1 Å². The number of hydrogen-bond donors (Lipinski definition) is 2. The molecule has 0 bridgehead atoms. The molecule has 3 aromatic carbocycles. The molecule has 0 fully saturated rings. The molecule has 0 aliphatic carbocycles. The fourth-order valence-corrected chi connectivity index (χ4v) is 2.48. The number of fused-ring (bicyclic) bond motifs is 1. The molecule has 0 spiro atoms. The zero-order valence-electron chi connectivity index (χ0n) is 14.2. The minimum atomic E-state index is -0.443. The summed E-state index contributed by atoms with van der Waals surface area (Å²) in [5.41, 5.74) is 7.86. The van der Waals surface area contributed by atoms with Crippen LogP contribution >= 0.6 is 24.8 Å². The number of azo groups is 1. The lowest BCUT2D eigenvalue weighted by Crippen LogP contribution is -2.13. The van der Waals surface area contributed by atoms with Gasteiger partial charge in [-0.15, -0.1) is 29.9 Å². The molecule has 0 aliphatic heterocycles. The number of halogens is 2. The lowest BCUT2D eigenvalue weighted by Gasteiger charge is -2.10. The number of nitrogens with two attached hydrogens (primary N) is 1. The predicted octanol–water partition coefficient (Wildman–Crippen LogP) is 5.38. The summed E-state index contributed by atoms with van der Waals surface area (Å²) in [7, 11) is 0. The molecule has 0 atom stereocenters. The number of nitro benzene ring substituents is 1. The van der Waals surface area contributed by atoms with Crippen molar-refractivity contribution in [3.63, 3.8) is 0 Å². The first-order chi connectivity index (χ1) is 12.2. The summed E-state index contributed by atoms with van der Waals surface area (Å²) in [6, 6.07) is 17.7. The maximum atomic E-state index is 10.7. The molecule has 0 aromatic heterocycles. The van der Waals surface area contributed by atoms with Gasteiger partial charge < -0.3 is 11.1 Å². The maximum absolute atomic E-state index is 10.7. The van der Waals surface area contributed by atoms with Crippen LogP contribution < -0.4 is 11.1 Å². The third-order valence-electron chi connectivity index (χ3n) is 3.69. The Hall–Kier alpha value is -2.74. The predicted molar refractivity (Wildman–Crippen MR) is 113 cm³/mol. The number of rotatable bonds is 6. The van der Waals surface area contributed by atoms with Gasteiger partial charge in [0.1, 0.15) is 0 Å². The van der Waals surface area contributed by atoms with Gasteiger partial charge in [0.25, 0.3) is 5.69 Å². The Morgan fingerprint density at radius 3 is 2.22 bits per heavy atom. The Morgan fingerprint density at radius 1 is 0.926 bits per heavy atom. The first kappa shape index (κ1) is 22.3. The van der Waals surface area contributed by atoms with Gasteiger partial charge in [-0.05, 0) is 24.3 Å². The van der Waals surface area contributed by atoms with Crippen molar-refractivity contribution in [1.29, 1.82) is 0 Å². The van der Waals surface area contributed by atoms with Gasteiger partial charge in [-0.3, -0.25) is 10.1 Å². The van der Waals surface area contributed by atoms with Crippen molar-refractivity contribution >= 4 is 58.3 Å². The summed E-state index contributed by atoms with van der Waals surface area (Å²) in [6.07, 6.45) is 0. The zero-order valence-corrected chi connectivity index (χ0v) is 15.9. The van der Waals surface area contributed by atoms with Crippen LogP contribution in [0.3, 0.4) is 0 Å². The fraction of sp³-hybridized carbons (Fsp3) is 0.111. The van der Waals surface area contributed by atoms with E-state index in [2.05, 4.69) is 15.5 Å². The SMILES string of the molecule is Cl.Cl.NCCNc1ccc(N=Nc2ccc([N+](=O)[O-])cc2)c2ccccc12. The van der Waals surface area contributed by atoms with Gasteiger partial charge in [0, 0.05) is 41.7 Å². The number of non-ortho nitro benzene ring substituents is 1. The summed E-state index contributed by atoms with van der Waals surface area (Å²) in [6.45, 7) is 1.24. The van der Waals surface area contributed by atoms with E-state index in [0.717, 1.165) is 22.1 Å². The molecule has 9 heteroatoms. The van der Waals surface area contributed by atoms with Gasteiger partial charge in [-0.2, -0.15) is 5.11 Å². The van der Waals surface area contributed by atoms with Gasteiger partial charge >= 0.3 is 0 Å². The van der Waals surface area contributed by atoms with Crippen molar-refractivity contribution in [2.45, 2.75) is 0 Å². The van der Waals surface area contributed by atoms with Crippen LogP contribution in [0.4, 0.5) is 22.7 Å². The van der Waals surface area contributed by atoms with E-state index in [9.17, 15) is 10.1 Å². The van der Waals surface area contributed by atoms with Crippen LogP contribution in [0.1, 0.15) is 0 Å². The lowest BCUT2D eigenvalue weighted by molar-refractivity contribution is -0.384. The average Bonchev–Trinajstić information content (AvgIpc) is 2.65. The average molecular weight is 408 g/mol. The third-order valence-corrected chi connectivity index (χ3v) is 3.69. The number of anilines is 1. The van der Waals surface area contributed by atoms with Crippen LogP contribution in [-0.2, 0) is 0 Å². The van der Waals surface area contributed by atoms with Crippen molar-refractivity contribution in [2.24, 2.45) is 16.0 Å². The summed E-state index contributed by atoms with van der Waals surface area (Å²) in [5, 5.41) is 24.5. The number of nitrogens with zero attached hydrogens (tertiary/aromatic N) is 3. The van der Waals surface area contributed by atoms with Crippen molar-refractivity contribution in [1.82, 2.24) is 0 Å². The molecule has 0 saturated heterocycles. The standard InChI is InChI=1S/C18H17N5O2.2ClH/c19-11-12-20-17-9-10-18(16-4-2-1-3-15(16)17)22-21-13-5-7-14(8-6-13)23(24)25;;/h1-10,20H,11-12,19H2;2*1H. The Bertz CT molecular complexity index is 933. The molecule has 0 aliphatic rings. The van der Waals surface area contributed by atoms with Crippen LogP contribution in [0.15, 0.2) is 70.9 Å². The van der Waals surface area contributed by atoms with Crippen LogP contribution in [0.25, 0.3) is 10.8 Å². The summed E-state index contributed by atoms with van der Waals surface area (Å²) in [5.74, 6) is 0. The Kier molecular flexibility index (Phi) is 8.61. The molecule has 3 rings (SSSR count). The van der Waals surface area contributed by atoms with E-state index in [0.29, 0.717) is 18.8 Å². The number of nitrogens with one attached hydrogen (secondary N) is 1. The molecule has 27 heavy (non-hydrogen) atoms. The van der Waals surface area contributed by atoms with Crippen molar-refractivity contribution in [3.05, 3.63) is 70.8 Å². The second-order valence-electron chi connectivity index (χ2n) is 5.37. The van der Waals surface area contributed by atoms with Gasteiger partial charge in [0.05, 0.1) is 16.3 Å². The molecule has 3 N–H and O–H groups in total. The lowest BCUT2D eigenvalue weighted by atomic mass is 10.1. The van der Waals surface area contributed by atoms with E-state index in [1.165, 1.54) is 12.1 Å². The highest BCUT2D eigenvalue weighted by Gasteiger charge is 2.06. The van der Waals surface area contributed by atoms with E-state index >= 15 is 0 Å². The van der Waals surface area contributed by atoms with E-state index in [1.54, 1.807) is 12.1 Å². The highest BCUT2D eigenvalue weighted by atomic mass is 35.5. The van der Waals surface area contributed by atoms with Crippen LogP contribution in [0.2, 0.25) is 0 Å². The molecule has 0 amide bonds. The smallest absolute Gasteiger partial charge is 0.269 e. The number of hydrogen-bond acceptors (Lipinski definition) is 6. The number of nitro groups is 1. The molecule has 0 radical (unpaired) electrons. The fourth-order valence-electron chi connectivity index (χ4n) is 2.48. The summed E-state index contributed by atoms with van der Waals surface area (Å²) < 4.78 is 0. The van der Waals surface area contributed by atoms with Crippen LogP contribution in [0.5, 0.6) is 0 Å². The molecule has 0 heterocycles. The Balaban J connectivity index is 0.00000182. The third kappa shape index (κ3) is 5.37. The highest BCUT2D eigenvalue weighted by Crippen LogP contribution is 2.32. The zero-order chi connectivity index (χ0) is 17.6. The summed E-state index contributed by atoms with van der Waals surface area (Å²) in [4.78, 5) is 10.2. The van der Waals surface area contributed by atoms with E-state index < -0.39 is 4.92 Å². The monoisotopic (exact) mass is 407 g/mol. The first-order valence-corrected chi connectivity index (χ1v) is 7.81. The van der Waals surface area contributed by atoms with Crippen molar-refractivity contribution in [2.75, 3.05) is 18.4 Å². The molecule has 0 unspecified atom stereocenters. The Labute approximate surface area is 168 Å². The molecular weight excluding hydrogens is 389 g/mol. The van der Waals surface area contributed by atoms with Gasteiger partial charge in [0.15, 0.2) is 0 Å². The number of benzene rings is 3. The Morgan fingerprint density at radius 2 is 1.59 bits per heavy atom. The van der Waals surface area contributed by atoms with E-state index in [1.807, 2.05) is 36.4 Å². The molecular formula is C18H19Cl2N5O2. The quantitative estimate of drug-likeness (QED) is 0.325. The molecule has 7 nitrogen and oxygen atoms in total. The second kappa shape index (κ2) is 10.4. The van der Waals surface area contributed by atoms with Gasteiger partial charge in [-0.1, -0.05) is 24.3 Å². The van der Waals surface area contributed by atoms with E-state index in [-0.39, 0.29) is 30.5 Å². The normalized spacial score (nSPS) is 10.3. The largest absolute Gasteiger partial charge is 0.383 e. The molecule has 3 aromatic rings. The second-order valence-corrected chi connectivity index (χ2v) is 5.37. The van der Waals surface area contributed by atoms with Crippen molar-refractivity contribution < 1.29 is 4.92 Å². The highest BCUT2D eigenvalue weighted by molar-refractivity contribution is 6.00. The molecule has 142 valence electrons. The summed E-state index contributed by atoms with van der Waals surface area (Å²) >= 11 is 0. The van der Waals surface area contributed by atoms with Crippen molar-refractivity contribution in [3.8, 4) is 0 Å². The van der Waals surface area contributed by atoms with Crippen LogP contribution in [-0.4, -0.2) is 18.0 Å². The first-order valence-electron chi connectivity index (χ1n) is 7.81. The minimum Gasteiger partial charge on any atom is -0.383 e. The van der Waals surface area contributed by atoms with E-state index in [4.69, 9.17) is 5.73 Å². The molecule has 0 saturated carbocycles. The van der Waals surface area contributed by atoms with Gasteiger partial charge in [-0.25, -0.2) is 0 Å². The van der Waals surface area contributed by atoms with Gasteiger partial charge in [0.2, 0.25) is 0 Å².